The molecule has 1 aliphatic rings. The van der Waals surface area contributed by atoms with Gasteiger partial charge in [-0.25, -0.2) is 0 Å². The van der Waals surface area contributed by atoms with Crippen molar-refractivity contribution in [3.05, 3.63) is 12.2 Å². The number of hydrogen-bond donors (Lipinski definition) is 0. The molecule has 0 fully saturated rings. The zero-order valence-electron chi connectivity index (χ0n) is 11.8. The highest BCUT2D eigenvalue weighted by atomic mass is 16.5. The first-order valence-electron chi connectivity index (χ1n) is 6.49. The van der Waals surface area contributed by atoms with Crippen LogP contribution in [0.2, 0.25) is 0 Å². The molecule has 2 amide bonds. The molecule has 1 aliphatic heterocycles. The van der Waals surface area contributed by atoms with E-state index in [9.17, 15) is 14.4 Å². The second-order valence-electron chi connectivity index (χ2n) is 5.80. The van der Waals surface area contributed by atoms with Crippen molar-refractivity contribution >= 4 is 17.8 Å². The summed E-state index contributed by atoms with van der Waals surface area (Å²) in [6.45, 7) is 6.92. The van der Waals surface area contributed by atoms with Gasteiger partial charge in [-0.3, -0.25) is 19.3 Å². The monoisotopic (exact) mass is 267 g/mol. The molecule has 5 nitrogen and oxygen atoms in total. The Bertz CT molecular complexity index is 375. The summed E-state index contributed by atoms with van der Waals surface area (Å²) in [6, 6.07) is 0. The van der Waals surface area contributed by atoms with Gasteiger partial charge in [0.2, 0.25) is 0 Å². The number of hydrogen-bond acceptors (Lipinski definition) is 4. The van der Waals surface area contributed by atoms with E-state index in [4.69, 9.17) is 4.74 Å². The van der Waals surface area contributed by atoms with Crippen LogP contribution in [-0.2, 0) is 19.1 Å². The molecule has 0 saturated carbocycles. The van der Waals surface area contributed by atoms with Crippen LogP contribution in [0, 0.1) is 5.41 Å². The van der Waals surface area contributed by atoms with Gasteiger partial charge in [-0.15, -0.1) is 0 Å². The molecule has 5 heteroatoms. The van der Waals surface area contributed by atoms with Crippen LogP contribution in [0.15, 0.2) is 12.2 Å². The highest BCUT2D eigenvalue weighted by Gasteiger charge is 2.22. The lowest BCUT2D eigenvalue weighted by molar-refractivity contribution is -0.145. The third-order valence-corrected chi connectivity index (χ3v) is 2.78. The van der Waals surface area contributed by atoms with E-state index in [1.54, 1.807) is 0 Å². The predicted octanol–water partition coefficient (Wildman–Crippen LogP) is 1.67. The lowest BCUT2D eigenvalue weighted by Gasteiger charge is -2.17. The summed E-state index contributed by atoms with van der Waals surface area (Å²) in [6.07, 6.45) is 3.95. The lowest BCUT2D eigenvalue weighted by Crippen LogP contribution is -2.31. The first kappa shape index (κ1) is 15.4. The van der Waals surface area contributed by atoms with Gasteiger partial charge in [0.25, 0.3) is 11.8 Å². The van der Waals surface area contributed by atoms with Crippen LogP contribution in [0.1, 0.15) is 40.0 Å². The minimum atomic E-state index is -0.314. The summed E-state index contributed by atoms with van der Waals surface area (Å²) in [5, 5.41) is 0. The first-order valence-corrected chi connectivity index (χ1v) is 6.49. The average molecular weight is 267 g/mol. The van der Waals surface area contributed by atoms with Gasteiger partial charge in [-0.1, -0.05) is 20.8 Å². The second kappa shape index (κ2) is 6.50. The number of carbonyl (C=O) groups excluding carboxylic acids is 3. The van der Waals surface area contributed by atoms with Crippen LogP contribution < -0.4 is 0 Å². The minimum Gasteiger partial charge on any atom is -0.466 e. The zero-order chi connectivity index (χ0) is 14.5. The van der Waals surface area contributed by atoms with Gasteiger partial charge in [0, 0.05) is 25.1 Å². The number of rotatable bonds is 6. The SMILES string of the molecule is CC(C)(C)CCOC(=O)CCCN1C(=O)C=CC1=O. The standard InChI is InChI=1S/C14H21NO4/c1-14(2,3)8-10-19-13(18)5-4-9-15-11(16)6-7-12(15)17/h6-7H,4-5,8-10H2,1-3H3. The van der Waals surface area contributed by atoms with Crippen LogP contribution in [0.3, 0.4) is 0 Å². The van der Waals surface area contributed by atoms with E-state index in [0.29, 0.717) is 13.0 Å². The molecule has 106 valence electrons. The molecular weight excluding hydrogens is 246 g/mol. The number of amides is 2. The smallest absolute Gasteiger partial charge is 0.305 e. The molecular formula is C14H21NO4. The fourth-order valence-electron chi connectivity index (χ4n) is 1.58. The van der Waals surface area contributed by atoms with Crippen molar-refractivity contribution in [2.45, 2.75) is 40.0 Å². The van der Waals surface area contributed by atoms with Gasteiger partial charge in [0.05, 0.1) is 6.61 Å². The van der Waals surface area contributed by atoms with Gasteiger partial charge < -0.3 is 4.74 Å². The molecule has 0 aromatic rings. The van der Waals surface area contributed by atoms with Crippen LogP contribution in [-0.4, -0.2) is 35.8 Å². The highest BCUT2D eigenvalue weighted by Crippen LogP contribution is 2.18. The van der Waals surface area contributed by atoms with Gasteiger partial charge >= 0.3 is 5.97 Å². The van der Waals surface area contributed by atoms with Crippen LogP contribution in [0.4, 0.5) is 0 Å². The number of nitrogens with zero attached hydrogens (tertiary/aromatic N) is 1. The Morgan fingerprint density at radius 2 is 1.79 bits per heavy atom. The number of carbonyl (C=O) groups is 3. The van der Waals surface area contributed by atoms with E-state index in [-0.39, 0.29) is 36.2 Å². The summed E-state index contributed by atoms with van der Waals surface area (Å²) in [5.41, 5.74) is 0.139. The molecule has 0 bridgehead atoms. The quantitative estimate of drug-likeness (QED) is 0.542. The van der Waals surface area contributed by atoms with Gasteiger partial charge in [-0.05, 0) is 18.3 Å². The normalized spacial score (nSPS) is 15.2. The maximum Gasteiger partial charge on any atom is 0.305 e. The summed E-state index contributed by atoms with van der Waals surface area (Å²) in [5.74, 6) is -0.909. The van der Waals surface area contributed by atoms with Crippen molar-refractivity contribution in [3.8, 4) is 0 Å². The lowest BCUT2D eigenvalue weighted by atomic mass is 9.93. The number of ether oxygens (including phenoxy) is 1. The molecule has 0 aliphatic carbocycles. The van der Waals surface area contributed by atoms with Crippen molar-refractivity contribution in [2.75, 3.05) is 13.2 Å². The largest absolute Gasteiger partial charge is 0.466 e. The number of imide groups is 1. The van der Waals surface area contributed by atoms with E-state index in [1.165, 1.54) is 12.2 Å². The molecule has 0 aromatic carbocycles. The molecule has 0 N–H and O–H groups in total. The summed E-state index contributed by atoms with van der Waals surface area (Å²) >= 11 is 0. The van der Waals surface area contributed by atoms with Gasteiger partial charge in [-0.2, -0.15) is 0 Å². The van der Waals surface area contributed by atoms with Gasteiger partial charge in [0.1, 0.15) is 0 Å². The van der Waals surface area contributed by atoms with Crippen molar-refractivity contribution < 1.29 is 19.1 Å². The molecule has 1 heterocycles. The maximum absolute atomic E-state index is 11.4. The van der Waals surface area contributed by atoms with Crippen molar-refractivity contribution in [1.82, 2.24) is 4.90 Å². The van der Waals surface area contributed by atoms with Crippen molar-refractivity contribution in [3.63, 3.8) is 0 Å². The molecule has 0 spiro atoms. The minimum absolute atomic E-state index is 0.139. The van der Waals surface area contributed by atoms with Crippen LogP contribution in [0.25, 0.3) is 0 Å². The molecule has 0 radical (unpaired) electrons. The summed E-state index contributed by atoms with van der Waals surface area (Å²) in [7, 11) is 0. The Kier molecular flexibility index (Phi) is 5.27. The third-order valence-electron chi connectivity index (χ3n) is 2.78. The third kappa shape index (κ3) is 5.68. The molecule has 1 rings (SSSR count). The first-order chi connectivity index (χ1) is 8.79. The Hall–Kier alpha value is -1.65. The number of esters is 1. The van der Waals surface area contributed by atoms with Crippen LogP contribution >= 0.6 is 0 Å². The Labute approximate surface area is 113 Å². The Morgan fingerprint density at radius 3 is 2.32 bits per heavy atom. The average Bonchev–Trinajstić information content (AvgIpc) is 2.58. The molecule has 19 heavy (non-hydrogen) atoms. The van der Waals surface area contributed by atoms with E-state index in [2.05, 4.69) is 20.8 Å². The zero-order valence-corrected chi connectivity index (χ0v) is 11.8. The molecule has 0 saturated heterocycles. The topological polar surface area (TPSA) is 63.7 Å². The molecule has 0 unspecified atom stereocenters. The van der Waals surface area contributed by atoms with E-state index >= 15 is 0 Å². The summed E-state index contributed by atoms with van der Waals surface area (Å²) < 4.78 is 5.09. The predicted molar refractivity (Wildman–Crippen MR) is 70.1 cm³/mol. The molecule has 0 aromatic heterocycles. The van der Waals surface area contributed by atoms with Gasteiger partial charge in [0.15, 0.2) is 0 Å². The van der Waals surface area contributed by atoms with Crippen molar-refractivity contribution in [1.29, 1.82) is 0 Å². The van der Waals surface area contributed by atoms with E-state index in [0.717, 1.165) is 11.3 Å². The molecule has 0 atom stereocenters. The Balaban J connectivity index is 2.14. The fourth-order valence-corrected chi connectivity index (χ4v) is 1.58. The second-order valence-corrected chi connectivity index (χ2v) is 5.80. The van der Waals surface area contributed by atoms with Crippen LogP contribution in [0.5, 0.6) is 0 Å². The van der Waals surface area contributed by atoms with E-state index in [1.807, 2.05) is 0 Å². The Morgan fingerprint density at radius 1 is 1.21 bits per heavy atom. The fraction of sp³-hybridized carbons (Fsp3) is 0.643. The van der Waals surface area contributed by atoms with Crippen molar-refractivity contribution in [2.24, 2.45) is 5.41 Å². The maximum atomic E-state index is 11.4. The van der Waals surface area contributed by atoms with E-state index < -0.39 is 0 Å². The highest BCUT2D eigenvalue weighted by molar-refractivity contribution is 6.12. The summed E-state index contributed by atoms with van der Waals surface area (Å²) in [4.78, 5) is 35.1.